The highest BCUT2D eigenvalue weighted by atomic mass is 35.5. The Balaban J connectivity index is 1.62. The lowest BCUT2D eigenvalue weighted by atomic mass is 10.1. The van der Waals surface area contributed by atoms with Crippen molar-refractivity contribution in [1.29, 1.82) is 0 Å². The first kappa shape index (κ1) is 19.9. The minimum absolute atomic E-state index is 0.0226. The van der Waals surface area contributed by atoms with Crippen molar-refractivity contribution < 1.29 is 17.9 Å². The summed E-state index contributed by atoms with van der Waals surface area (Å²) in [6, 6.07) is 11.6. The smallest absolute Gasteiger partial charge is 0.315 e. The topological polar surface area (TPSA) is 72.5 Å². The number of fused-ring (bicyclic) bond motifs is 1. The van der Waals surface area contributed by atoms with Crippen LogP contribution in [-0.2, 0) is 27.7 Å². The molecule has 2 aromatic carbocycles. The van der Waals surface area contributed by atoms with Crippen LogP contribution in [0.2, 0.25) is 5.02 Å². The van der Waals surface area contributed by atoms with Crippen LogP contribution >= 0.6 is 11.6 Å². The molecule has 0 saturated heterocycles. The second-order valence-corrected chi connectivity index (χ2v) is 8.82. The van der Waals surface area contributed by atoms with Crippen molar-refractivity contribution in [2.45, 2.75) is 37.5 Å². The van der Waals surface area contributed by atoms with Gasteiger partial charge in [0.25, 0.3) is 0 Å². The summed E-state index contributed by atoms with van der Waals surface area (Å²) in [6.45, 7) is 1.80. The van der Waals surface area contributed by atoms with Gasteiger partial charge in [0.2, 0.25) is 10.0 Å². The maximum absolute atomic E-state index is 12.5. The zero-order chi connectivity index (χ0) is 19.4. The predicted octanol–water partition coefficient (Wildman–Crippen LogP) is 3.74. The van der Waals surface area contributed by atoms with Crippen LogP contribution in [0.5, 0.6) is 5.75 Å². The SMILES string of the molecule is CCC(CNS(=O)(=O)c1ccc(Cl)cc1)C(=O)Oc1ccc2c(c1)CCC2. The number of rotatable bonds is 7. The van der Waals surface area contributed by atoms with Crippen molar-refractivity contribution in [2.24, 2.45) is 5.92 Å². The number of carbonyl (C=O) groups excluding carboxylic acids is 1. The summed E-state index contributed by atoms with van der Waals surface area (Å²) in [4.78, 5) is 12.6. The van der Waals surface area contributed by atoms with Crippen LogP contribution < -0.4 is 9.46 Å². The fourth-order valence-electron chi connectivity index (χ4n) is 3.11. The van der Waals surface area contributed by atoms with Gasteiger partial charge in [-0.25, -0.2) is 13.1 Å². The number of aryl methyl sites for hydroxylation is 2. The van der Waals surface area contributed by atoms with Gasteiger partial charge in [-0.15, -0.1) is 0 Å². The van der Waals surface area contributed by atoms with E-state index in [1.54, 1.807) is 6.07 Å². The monoisotopic (exact) mass is 407 g/mol. The molecule has 0 spiro atoms. The van der Waals surface area contributed by atoms with E-state index in [1.807, 2.05) is 19.1 Å². The minimum atomic E-state index is -3.71. The Bertz CT molecular complexity index is 925. The van der Waals surface area contributed by atoms with Gasteiger partial charge in [0, 0.05) is 11.6 Å². The van der Waals surface area contributed by atoms with Crippen molar-refractivity contribution in [1.82, 2.24) is 4.72 Å². The van der Waals surface area contributed by atoms with E-state index in [-0.39, 0.29) is 11.4 Å². The summed E-state index contributed by atoms with van der Waals surface area (Å²) in [5, 5.41) is 0.457. The second-order valence-electron chi connectivity index (χ2n) is 6.62. The molecule has 0 heterocycles. The molecular weight excluding hydrogens is 386 g/mol. The molecule has 0 aromatic heterocycles. The summed E-state index contributed by atoms with van der Waals surface area (Å²) in [5.41, 5.74) is 2.52. The van der Waals surface area contributed by atoms with Crippen LogP contribution in [0.3, 0.4) is 0 Å². The van der Waals surface area contributed by atoms with Gasteiger partial charge < -0.3 is 4.74 Å². The number of hydrogen-bond donors (Lipinski definition) is 1. The van der Waals surface area contributed by atoms with Gasteiger partial charge in [-0.1, -0.05) is 24.6 Å². The Kier molecular flexibility index (Phi) is 6.19. The largest absolute Gasteiger partial charge is 0.426 e. The van der Waals surface area contributed by atoms with E-state index >= 15 is 0 Å². The summed E-state index contributed by atoms with van der Waals surface area (Å²) < 4.78 is 32.7. The highest BCUT2D eigenvalue weighted by Gasteiger charge is 2.23. The molecule has 1 atom stereocenters. The standard InChI is InChI=1S/C20H22ClNO4S/c1-2-14(13-22-27(24,25)19-10-7-17(21)8-11-19)20(23)26-18-9-6-15-4-3-5-16(15)12-18/h6-12,14,22H,2-5,13H2,1H3. The number of carbonyl (C=O) groups is 1. The van der Waals surface area contributed by atoms with E-state index in [0.29, 0.717) is 17.2 Å². The first-order valence-electron chi connectivity index (χ1n) is 8.98. The van der Waals surface area contributed by atoms with E-state index < -0.39 is 21.9 Å². The summed E-state index contributed by atoms with van der Waals surface area (Å²) in [5.74, 6) is -0.491. The Morgan fingerprint density at radius 2 is 1.85 bits per heavy atom. The lowest BCUT2D eigenvalue weighted by Crippen LogP contribution is -2.34. The van der Waals surface area contributed by atoms with Gasteiger partial charge in [0.05, 0.1) is 10.8 Å². The van der Waals surface area contributed by atoms with Gasteiger partial charge in [0.1, 0.15) is 5.75 Å². The Morgan fingerprint density at radius 1 is 1.15 bits per heavy atom. The molecule has 1 unspecified atom stereocenters. The van der Waals surface area contributed by atoms with Gasteiger partial charge in [-0.2, -0.15) is 0 Å². The molecule has 7 heteroatoms. The second kappa shape index (κ2) is 8.42. The summed E-state index contributed by atoms with van der Waals surface area (Å²) in [6.07, 6.45) is 3.65. The third kappa shape index (κ3) is 4.89. The number of sulfonamides is 1. The minimum Gasteiger partial charge on any atom is -0.426 e. The molecule has 27 heavy (non-hydrogen) atoms. The van der Waals surface area contributed by atoms with E-state index in [2.05, 4.69) is 4.72 Å². The van der Waals surface area contributed by atoms with Gasteiger partial charge in [-0.3, -0.25) is 4.79 Å². The first-order valence-corrected chi connectivity index (χ1v) is 10.8. The molecule has 0 fully saturated rings. The third-order valence-corrected chi connectivity index (χ3v) is 6.45. The molecule has 0 aliphatic heterocycles. The molecule has 0 bridgehead atoms. The van der Waals surface area contributed by atoms with E-state index in [1.165, 1.54) is 35.4 Å². The molecule has 0 saturated carbocycles. The molecule has 3 rings (SSSR count). The van der Waals surface area contributed by atoms with Crippen molar-refractivity contribution in [3.05, 3.63) is 58.6 Å². The van der Waals surface area contributed by atoms with Crippen molar-refractivity contribution in [2.75, 3.05) is 6.54 Å². The Hall–Kier alpha value is -1.89. The molecule has 1 N–H and O–H groups in total. The lowest BCUT2D eigenvalue weighted by Gasteiger charge is -2.15. The first-order chi connectivity index (χ1) is 12.9. The van der Waals surface area contributed by atoms with Crippen molar-refractivity contribution in [3.63, 3.8) is 0 Å². The maximum atomic E-state index is 12.5. The highest BCUT2D eigenvalue weighted by molar-refractivity contribution is 7.89. The van der Waals surface area contributed by atoms with Crippen molar-refractivity contribution in [3.8, 4) is 5.75 Å². The zero-order valence-corrected chi connectivity index (χ0v) is 16.6. The molecular formula is C20H22ClNO4S. The van der Waals surface area contributed by atoms with Crippen molar-refractivity contribution >= 4 is 27.6 Å². The Labute approximate surface area is 164 Å². The number of hydrogen-bond acceptors (Lipinski definition) is 4. The van der Waals surface area contributed by atoms with Crippen LogP contribution in [0, 0.1) is 5.92 Å². The quantitative estimate of drug-likeness (QED) is 0.560. The van der Waals surface area contributed by atoms with E-state index in [4.69, 9.17) is 16.3 Å². The fraction of sp³-hybridized carbons (Fsp3) is 0.350. The maximum Gasteiger partial charge on any atom is 0.315 e. The molecule has 144 valence electrons. The lowest BCUT2D eigenvalue weighted by molar-refractivity contribution is -0.138. The molecule has 5 nitrogen and oxygen atoms in total. The Morgan fingerprint density at radius 3 is 2.56 bits per heavy atom. The number of halogens is 1. The number of ether oxygens (including phenoxy) is 1. The van der Waals surface area contributed by atoms with Crippen LogP contribution in [0.25, 0.3) is 0 Å². The molecule has 2 aromatic rings. The van der Waals surface area contributed by atoms with E-state index in [0.717, 1.165) is 19.3 Å². The molecule has 0 radical (unpaired) electrons. The van der Waals surface area contributed by atoms with Gasteiger partial charge in [-0.05, 0) is 73.2 Å². The highest BCUT2D eigenvalue weighted by Crippen LogP contribution is 2.26. The average Bonchev–Trinajstić information content (AvgIpc) is 3.10. The summed E-state index contributed by atoms with van der Waals surface area (Å²) in [7, 11) is -3.71. The summed E-state index contributed by atoms with van der Waals surface area (Å²) >= 11 is 5.79. The van der Waals surface area contributed by atoms with Crippen LogP contribution in [0.15, 0.2) is 47.4 Å². The van der Waals surface area contributed by atoms with Crippen LogP contribution in [0.4, 0.5) is 0 Å². The van der Waals surface area contributed by atoms with Crippen LogP contribution in [-0.4, -0.2) is 20.9 Å². The predicted molar refractivity (Wildman–Crippen MR) is 105 cm³/mol. The number of nitrogens with one attached hydrogen (secondary N) is 1. The zero-order valence-electron chi connectivity index (χ0n) is 15.1. The van der Waals surface area contributed by atoms with Crippen LogP contribution in [0.1, 0.15) is 30.9 Å². The third-order valence-electron chi connectivity index (χ3n) is 4.76. The fourth-order valence-corrected chi connectivity index (χ4v) is 4.32. The molecule has 1 aliphatic carbocycles. The van der Waals surface area contributed by atoms with Gasteiger partial charge >= 0.3 is 5.97 Å². The average molecular weight is 408 g/mol. The number of benzene rings is 2. The normalized spacial score (nSPS) is 14.6. The molecule has 1 aliphatic rings. The molecule has 0 amide bonds. The van der Waals surface area contributed by atoms with Gasteiger partial charge in [0.15, 0.2) is 0 Å². The number of esters is 1. The van der Waals surface area contributed by atoms with E-state index in [9.17, 15) is 13.2 Å².